The summed E-state index contributed by atoms with van der Waals surface area (Å²) < 4.78 is 10.9. The van der Waals surface area contributed by atoms with Gasteiger partial charge >= 0.3 is 0 Å². The van der Waals surface area contributed by atoms with E-state index in [1.807, 2.05) is 17.0 Å². The first-order valence-corrected chi connectivity index (χ1v) is 9.93. The number of aromatic nitrogens is 1. The minimum absolute atomic E-state index is 0.0968. The Morgan fingerprint density at radius 3 is 2.32 bits per heavy atom. The summed E-state index contributed by atoms with van der Waals surface area (Å²) in [6.45, 7) is 3.36. The summed E-state index contributed by atoms with van der Waals surface area (Å²) in [5, 5.41) is 0. The number of rotatable bonds is 4. The number of likely N-dealkylation sites (tertiary alicyclic amines) is 1. The van der Waals surface area contributed by atoms with Crippen molar-refractivity contribution in [2.24, 2.45) is 0 Å². The molecule has 148 valence electrons. The summed E-state index contributed by atoms with van der Waals surface area (Å²) >= 11 is 0. The van der Waals surface area contributed by atoms with Crippen molar-refractivity contribution < 1.29 is 14.3 Å². The molecule has 28 heavy (non-hydrogen) atoms. The van der Waals surface area contributed by atoms with E-state index in [-0.39, 0.29) is 5.91 Å². The van der Waals surface area contributed by atoms with E-state index >= 15 is 0 Å². The highest BCUT2D eigenvalue weighted by atomic mass is 16.5. The Balaban J connectivity index is 1.49. The standard InChI is InChI=1S/C22H27N3O3/c1-27-19-12-16-8-11-25(15-18(16)13-20(19)28-2)21-7-6-17(14-23-21)22(26)24-9-4-3-5-10-24/h6-7,12-14H,3-5,8-11,15H2,1-2H3. The highest BCUT2D eigenvalue weighted by molar-refractivity contribution is 5.94. The van der Waals surface area contributed by atoms with Gasteiger partial charge in [0.25, 0.3) is 5.91 Å². The Bertz CT molecular complexity index is 845. The van der Waals surface area contributed by atoms with E-state index in [1.165, 1.54) is 17.5 Å². The van der Waals surface area contributed by atoms with E-state index in [4.69, 9.17) is 9.47 Å². The van der Waals surface area contributed by atoms with Crippen LogP contribution in [-0.2, 0) is 13.0 Å². The Morgan fingerprint density at radius 2 is 1.68 bits per heavy atom. The van der Waals surface area contributed by atoms with E-state index in [2.05, 4.69) is 22.0 Å². The first-order valence-electron chi connectivity index (χ1n) is 9.93. The monoisotopic (exact) mass is 381 g/mol. The van der Waals surface area contributed by atoms with Crippen molar-refractivity contribution in [1.82, 2.24) is 9.88 Å². The summed E-state index contributed by atoms with van der Waals surface area (Å²) in [6, 6.07) is 7.99. The van der Waals surface area contributed by atoms with Gasteiger partial charge in [-0.3, -0.25) is 4.79 Å². The zero-order chi connectivity index (χ0) is 19.5. The minimum atomic E-state index is 0.0968. The molecular weight excluding hydrogens is 354 g/mol. The van der Waals surface area contributed by atoms with Crippen LogP contribution in [0.4, 0.5) is 5.82 Å². The molecule has 6 heteroatoms. The summed E-state index contributed by atoms with van der Waals surface area (Å²) in [5.74, 6) is 2.52. The van der Waals surface area contributed by atoms with Crippen LogP contribution in [0, 0.1) is 0 Å². The van der Waals surface area contributed by atoms with Gasteiger partial charge in [-0.15, -0.1) is 0 Å². The maximum absolute atomic E-state index is 12.6. The molecule has 0 radical (unpaired) electrons. The Morgan fingerprint density at radius 1 is 0.964 bits per heavy atom. The summed E-state index contributed by atoms with van der Waals surface area (Å²) in [5.41, 5.74) is 3.18. The molecule has 0 spiro atoms. The predicted molar refractivity (Wildman–Crippen MR) is 108 cm³/mol. The van der Waals surface area contributed by atoms with E-state index in [9.17, 15) is 4.79 Å². The van der Waals surface area contributed by atoms with Crippen LogP contribution >= 0.6 is 0 Å². The molecular formula is C22H27N3O3. The average Bonchev–Trinajstić information content (AvgIpc) is 2.78. The maximum atomic E-state index is 12.6. The second kappa shape index (κ2) is 8.09. The van der Waals surface area contributed by atoms with E-state index < -0.39 is 0 Å². The normalized spacial score (nSPS) is 16.5. The van der Waals surface area contributed by atoms with Gasteiger partial charge < -0.3 is 19.3 Å². The van der Waals surface area contributed by atoms with Crippen molar-refractivity contribution in [3.8, 4) is 11.5 Å². The number of carbonyl (C=O) groups is 1. The van der Waals surface area contributed by atoms with Crippen molar-refractivity contribution in [3.63, 3.8) is 0 Å². The SMILES string of the molecule is COc1cc2c(cc1OC)CN(c1ccc(C(=O)N3CCCCC3)cn1)CC2. The molecule has 0 atom stereocenters. The topological polar surface area (TPSA) is 54.9 Å². The smallest absolute Gasteiger partial charge is 0.255 e. The van der Waals surface area contributed by atoms with E-state index in [0.29, 0.717) is 5.56 Å². The summed E-state index contributed by atoms with van der Waals surface area (Å²) in [4.78, 5) is 21.4. The molecule has 1 amide bonds. The number of pyridine rings is 1. The van der Waals surface area contributed by atoms with Gasteiger partial charge in [0.15, 0.2) is 11.5 Å². The number of carbonyl (C=O) groups excluding carboxylic acids is 1. The number of methoxy groups -OCH3 is 2. The fourth-order valence-corrected chi connectivity index (χ4v) is 4.06. The van der Waals surface area contributed by atoms with Crippen LogP contribution in [0.3, 0.4) is 0 Å². The molecule has 1 aromatic heterocycles. The molecule has 0 saturated carbocycles. The number of benzene rings is 1. The molecule has 2 aliphatic heterocycles. The Labute approximate surface area is 166 Å². The maximum Gasteiger partial charge on any atom is 0.255 e. The number of nitrogens with zero attached hydrogens (tertiary/aromatic N) is 3. The molecule has 0 unspecified atom stereocenters. The molecule has 2 aliphatic rings. The number of hydrogen-bond acceptors (Lipinski definition) is 5. The molecule has 3 heterocycles. The minimum Gasteiger partial charge on any atom is -0.493 e. The average molecular weight is 381 g/mol. The molecule has 1 saturated heterocycles. The second-order valence-electron chi connectivity index (χ2n) is 7.41. The summed E-state index contributed by atoms with van der Waals surface area (Å²) in [7, 11) is 3.32. The largest absolute Gasteiger partial charge is 0.493 e. The van der Waals surface area contributed by atoms with Gasteiger partial charge in [-0.05, 0) is 61.1 Å². The molecule has 6 nitrogen and oxygen atoms in total. The van der Waals surface area contributed by atoms with Crippen LogP contribution < -0.4 is 14.4 Å². The van der Waals surface area contributed by atoms with Crippen molar-refractivity contribution >= 4 is 11.7 Å². The molecule has 1 aromatic carbocycles. The Kier molecular flexibility index (Phi) is 5.37. The fraction of sp³-hybridized carbons (Fsp3) is 0.455. The third-order valence-corrected chi connectivity index (χ3v) is 5.68. The molecule has 4 rings (SSSR count). The first kappa shape index (κ1) is 18.6. The third-order valence-electron chi connectivity index (χ3n) is 5.68. The number of piperidine rings is 1. The van der Waals surface area contributed by atoms with Crippen LogP contribution in [0.25, 0.3) is 0 Å². The van der Waals surface area contributed by atoms with Crippen molar-refractivity contribution in [1.29, 1.82) is 0 Å². The molecule has 0 bridgehead atoms. The highest BCUT2D eigenvalue weighted by Gasteiger charge is 2.22. The number of fused-ring (bicyclic) bond motifs is 1. The van der Waals surface area contributed by atoms with Crippen molar-refractivity contribution in [3.05, 3.63) is 47.2 Å². The number of anilines is 1. The van der Waals surface area contributed by atoms with Gasteiger partial charge in [0.2, 0.25) is 0 Å². The molecule has 0 N–H and O–H groups in total. The first-order chi connectivity index (χ1) is 13.7. The lowest BCUT2D eigenvalue weighted by Gasteiger charge is -2.31. The van der Waals surface area contributed by atoms with Gasteiger partial charge in [-0.1, -0.05) is 0 Å². The summed E-state index contributed by atoms with van der Waals surface area (Å²) in [6.07, 6.45) is 6.05. The lowest BCUT2D eigenvalue weighted by molar-refractivity contribution is 0.0724. The predicted octanol–water partition coefficient (Wildman–Crippen LogP) is 3.29. The molecule has 0 aliphatic carbocycles. The van der Waals surface area contributed by atoms with E-state index in [1.54, 1.807) is 20.4 Å². The highest BCUT2D eigenvalue weighted by Crippen LogP contribution is 2.34. The van der Waals surface area contributed by atoms with Crippen LogP contribution in [0.15, 0.2) is 30.5 Å². The zero-order valence-corrected chi connectivity index (χ0v) is 16.6. The van der Waals surface area contributed by atoms with Gasteiger partial charge in [0.05, 0.1) is 19.8 Å². The van der Waals surface area contributed by atoms with Crippen LogP contribution in [0.1, 0.15) is 40.7 Å². The second-order valence-corrected chi connectivity index (χ2v) is 7.41. The number of ether oxygens (including phenoxy) is 2. The fourth-order valence-electron chi connectivity index (χ4n) is 4.06. The van der Waals surface area contributed by atoms with Crippen molar-refractivity contribution in [2.45, 2.75) is 32.2 Å². The third kappa shape index (κ3) is 3.63. The van der Waals surface area contributed by atoms with Gasteiger partial charge in [-0.2, -0.15) is 0 Å². The van der Waals surface area contributed by atoms with E-state index in [0.717, 1.165) is 62.8 Å². The number of hydrogen-bond donors (Lipinski definition) is 0. The Hall–Kier alpha value is -2.76. The van der Waals surface area contributed by atoms with Crippen LogP contribution in [0.2, 0.25) is 0 Å². The quantitative estimate of drug-likeness (QED) is 0.813. The number of amides is 1. The lowest BCUT2D eigenvalue weighted by atomic mass is 9.98. The zero-order valence-electron chi connectivity index (χ0n) is 16.6. The van der Waals surface area contributed by atoms with Gasteiger partial charge in [0.1, 0.15) is 5.82 Å². The molecule has 2 aromatic rings. The van der Waals surface area contributed by atoms with Crippen LogP contribution in [0.5, 0.6) is 11.5 Å². The lowest BCUT2D eigenvalue weighted by Crippen LogP contribution is -2.35. The van der Waals surface area contributed by atoms with Gasteiger partial charge in [0, 0.05) is 32.4 Å². The van der Waals surface area contributed by atoms with Gasteiger partial charge in [-0.25, -0.2) is 4.98 Å². The van der Waals surface area contributed by atoms with Crippen molar-refractivity contribution in [2.75, 3.05) is 38.8 Å². The van der Waals surface area contributed by atoms with Crippen LogP contribution in [-0.4, -0.2) is 49.6 Å². The molecule has 1 fully saturated rings.